The first-order valence-corrected chi connectivity index (χ1v) is 7.80. The molecule has 0 heterocycles. The summed E-state index contributed by atoms with van der Waals surface area (Å²) in [4.78, 5) is 12.5. The van der Waals surface area contributed by atoms with E-state index in [9.17, 15) is 4.79 Å². The molecule has 0 saturated carbocycles. The van der Waals surface area contributed by atoms with E-state index >= 15 is 0 Å². The first kappa shape index (κ1) is 16.3. The Hall–Kier alpha value is -2.09. The van der Waals surface area contributed by atoms with Crippen LogP contribution in [-0.4, -0.2) is 5.91 Å². The van der Waals surface area contributed by atoms with Gasteiger partial charge in [0.15, 0.2) is 0 Å². The number of benzene rings is 2. The molecule has 0 aliphatic heterocycles. The Kier molecular flexibility index (Phi) is 5.02. The molecular weight excluding hydrogens is 270 g/mol. The van der Waals surface area contributed by atoms with Gasteiger partial charge in [-0.15, -0.1) is 0 Å². The van der Waals surface area contributed by atoms with E-state index in [1.807, 2.05) is 48.5 Å². The Balaban J connectivity index is 2.28. The summed E-state index contributed by atoms with van der Waals surface area (Å²) < 4.78 is 0. The van der Waals surface area contributed by atoms with Gasteiger partial charge in [-0.2, -0.15) is 0 Å². The second-order valence-corrected chi connectivity index (χ2v) is 6.88. The standard InChI is InChI=1S/C20H25NO/c1-15(20(2,3)4)18(16-11-7-5-8-12-16)21-19(22)17-13-9-6-10-14-17/h5-15,18H,1-4H3,(H,21,22)/t15-,18-/m0/s1. The third-order valence-electron chi connectivity index (χ3n) is 4.35. The second kappa shape index (κ2) is 6.78. The van der Waals surface area contributed by atoms with Crippen molar-refractivity contribution in [3.63, 3.8) is 0 Å². The highest BCUT2D eigenvalue weighted by molar-refractivity contribution is 5.94. The molecule has 1 amide bonds. The number of carbonyl (C=O) groups is 1. The maximum Gasteiger partial charge on any atom is 0.251 e. The molecule has 116 valence electrons. The summed E-state index contributed by atoms with van der Waals surface area (Å²) in [6, 6.07) is 19.6. The summed E-state index contributed by atoms with van der Waals surface area (Å²) in [5, 5.41) is 3.22. The van der Waals surface area contributed by atoms with Crippen LogP contribution < -0.4 is 5.32 Å². The minimum atomic E-state index is -0.0226. The van der Waals surface area contributed by atoms with E-state index in [0.717, 1.165) is 5.56 Å². The van der Waals surface area contributed by atoms with Crippen LogP contribution in [-0.2, 0) is 0 Å². The van der Waals surface area contributed by atoms with Gasteiger partial charge in [-0.3, -0.25) is 4.79 Å². The van der Waals surface area contributed by atoms with Gasteiger partial charge in [-0.25, -0.2) is 0 Å². The fraction of sp³-hybridized carbons (Fsp3) is 0.350. The fourth-order valence-electron chi connectivity index (χ4n) is 2.47. The number of nitrogens with one attached hydrogen (secondary N) is 1. The highest BCUT2D eigenvalue weighted by atomic mass is 16.1. The third-order valence-corrected chi connectivity index (χ3v) is 4.35. The highest BCUT2D eigenvalue weighted by Crippen LogP contribution is 2.36. The van der Waals surface area contributed by atoms with Crippen LogP contribution >= 0.6 is 0 Å². The van der Waals surface area contributed by atoms with Crippen molar-refractivity contribution in [1.29, 1.82) is 0 Å². The zero-order valence-electron chi connectivity index (χ0n) is 13.8. The van der Waals surface area contributed by atoms with Crippen molar-refractivity contribution in [1.82, 2.24) is 5.32 Å². The van der Waals surface area contributed by atoms with E-state index in [-0.39, 0.29) is 17.4 Å². The Labute approximate surface area is 133 Å². The first-order valence-electron chi connectivity index (χ1n) is 7.80. The molecule has 0 aliphatic carbocycles. The molecule has 0 saturated heterocycles. The monoisotopic (exact) mass is 295 g/mol. The molecule has 0 aliphatic rings. The molecule has 22 heavy (non-hydrogen) atoms. The number of hydrogen-bond donors (Lipinski definition) is 1. The molecule has 2 heteroatoms. The van der Waals surface area contributed by atoms with E-state index in [4.69, 9.17) is 0 Å². The molecule has 0 unspecified atom stereocenters. The summed E-state index contributed by atoms with van der Waals surface area (Å²) >= 11 is 0. The van der Waals surface area contributed by atoms with E-state index in [2.05, 4.69) is 45.1 Å². The average molecular weight is 295 g/mol. The lowest BCUT2D eigenvalue weighted by molar-refractivity contribution is 0.0894. The van der Waals surface area contributed by atoms with Crippen molar-refractivity contribution in [2.24, 2.45) is 11.3 Å². The molecule has 0 fully saturated rings. The molecule has 2 aromatic carbocycles. The van der Waals surface area contributed by atoms with Gasteiger partial charge in [0, 0.05) is 5.56 Å². The maximum atomic E-state index is 12.5. The largest absolute Gasteiger partial charge is 0.345 e. The SMILES string of the molecule is C[C@@H]([C@H](NC(=O)c1ccccc1)c1ccccc1)C(C)(C)C. The van der Waals surface area contributed by atoms with Gasteiger partial charge in [-0.05, 0) is 29.0 Å². The van der Waals surface area contributed by atoms with E-state index in [1.165, 1.54) is 0 Å². The van der Waals surface area contributed by atoms with Gasteiger partial charge >= 0.3 is 0 Å². The van der Waals surface area contributed by atoms with Crippen LogP contribution in [0.15, 0.2) is 60.7 Å². The van der Waals surface area contributed by atoms with Crippen LogP contribution in [0.1, 0.15) is 49.7 Å². The van der Waals surface area contributed by atoms with Crippen LogP contribution in [0.2, 0.25) is 0 Å². The quantitative estimate of drug-likeness (QED) is 0.859. The molecule has 2 nitrogen and oxygen atoms in total. The van der Waals surface area contributed by atoms with E-state index in [0.29, 0.717) is 11.5 Å². The summed E-state index contributed by atoms with van der Waals surface area (Å²) in [5.74, 6) is 0.285. The molecule has 2 atom stereocenters. The zero-order valence-corrected chi connectivity index (χ0v) is 13.8. The minimum absolute atomic E-state index is 0.00564. The summed E-state index contributed by atoms with van der Waals surface area (Å²) in [6.07, 6.45) is 0. The number of carbonyl (C=O) groups excluding carboxylic acids is 1. The summed E-state index contributed by atoms with van der Waals surface area (Å²) in [6.45, 7) is 8.83. The van der Waals surface area contributed by atoms with Crippen LogP contribution in [0.4, 0.5) is 0 Å². The van der Waals surface area contributed by atoms with Crippen LogP contribution in [0.3, 0.4) is 0 Å². The molecule has 2 rings (SSSR count). The van der Waals surface area contributed by atoms with Crippen molar-refractivity contribution >= 4 is 5.91 Å². The topological polar surface area (TPSA) is 29.1 Å². The molecule has 2 aromatic rings. The minimum Gasteiger partial charge on any atom is -0.345 e. The average Bonchev–Trinajstić information content (AvgIpc) is 2.52. The zero-order chi connectivity index (χ0) is 16.2. The third kappa shape index (κ3) is 3.97. The van der Waals surface area contributed by atoms with Gasteiger partial charge in [-0.1, -0.05) is 76.2 Å². The van der Waals surface area contributed by atoms with Crippen LogP contribution in [0.25, 0.3) is 0 Å². The van der Waals surface area contributed by atoms with Gasteiger partial charge in [0.25, 0.3) is 5.91 Å². The highest BCUT2D eigenvalue weighted by Gasteiger charge is 2.30. The van der Waals surface area contributed by atoms with Gasteiger partial charge in [0.1, 0.15) is 0 Å². The summed E-state index contributed by atoms with van der Waals surface area (Å²) in [5.41, 5.74) is 1.95. The Morgan fingerprint density at radius 2 is 1.41 bits per heavy atom. The lowest BCUT2D eigenvalue weighted by Gasteiger charge is -2.35. The molecule has 0 aromatic heterocycles. The maximum absolute atomic E-state index is 12.5. The number of amides is 1. The lowest BCUT2D eigenvalue weighted by Crippen LogP contribution is -2.37. The second-order valence-electron chi connectivity index (χ2n) is 6.88. The number of rotatable bonds is 4. The molecule has 0 bridgehead atoms. The van der Waals surface area contributed by atoms with Gasteiger partial charge in [0.05, 0.1) is 6.04 Å². The van der Waals surface area contributed by atoms with Crippen molar-refractivity contribution in [2.45, 2.75) is 33.7 Å². The predicted octanol–water partition coefficient (Wildman–Crippen LogP) is 4.84. The van der Waals surface area contributed by atoms with Crippen molar-refractivity contribution in [2.75, 3.05) is 0 Å². The molecule has 0 radical (unpaired) electrons. The van der Waals surface area contributed by atoms with E-state index in [1.54, 1.807) is 0 Å². The van der Waals surface area contributed by atoms with Crippen molar-refractivity contribution in [3.8, 4) is 0 Å². The Bertz CT molecular complexity index is 599. The van der Waals surface area contributed by atoms with Crippen LogP contribution in [0.5, 0.6) is 0 Å². The first-order chi connectivity index (χ1) is 10.4. The van der Waals surface area contributed by atoms with Gasteiger partial charge in [0.2, 0.25) is 0 Å². The number of hydrogen-bond acceptors (Lipinski definition) is 1. The molecule has 1 N–H and O–H groups in total. The predicted molar refractivity (Wildman–Crippen MR) is 91.7 cm³/mol. The lowest BCUT2D eigenvalue weighted by atomic mass is 9.75. The summed E-state index contributed by atoms with van der Waals surface area (Å²) in [7, 11) is 0. The van der Waals surface area contributed by atoms with E-state index < -0.39 is 0 Å². The fourth-order valence-corrected chi connectivity index (χ4v) is 2.47. The van der Waals surface area contributed by atoms with Crippen molar-refractivity contribution < 1.29 is 4.79 Å². The van der Waals surface area contributed by atoms with Crippen molar-refractivity contribution in [3.05, 3.63) is 71.8 Å². The Morgan fingerprint density at radius 1 is 0.909 bits per heavy atom. The normalized spacial score (nSPS) is 14.2. The Morgan fingerprint density at radius 3 is 1.91 bits per heavy atom. The molecule has 0 spiro atoms. The van der Waals surface area contributed by atoms with Gasteiger partial charge < -0.3 is 5.32 Å². The van der Waals surface area contributed by atoms with Crippen LogP contribution in [0, 0.1) is 11.3 Å². The smallest absolute Gasteiger partial charge is 0.251 e. The molecular formula is C20H25NO.